The first-order chi connectivity index (χ1) is 15.6. The van der Waals surface area contributed by atoms with Gasteiger partial charge >= 0.3 is 0 Å². The minimum atomic E-state index is -2.16. The third-order valence-electron chi connectivity index (χ3n) is 4.34. The largest absolute Gasteiger partial charge is 0.456 e. The summed E-state index contributed by atoms with van der Waals surface area (Å²) in [5.41, 5.74) is 0. The third kappa shape index (κ3) is 9.06. The van der Waals surface area contributed by atoms with Gasteiger partial charge in [-0.15, -0.1) is 0 Å². The molecule has 13 heteroatoms. The minimum absolute atomic E-state index is 0. The quantitative estimate of drug-likeness (QED) is 0.184. The number of ketones is 1. The van der Waals surface area contributed by atoms with Gasteiger partial charge in [-0.25, -0.2) is 0 Å². The van der Waals surface area contributed by atoms with Crippen molar-refractivity contribution in [3.05, 3.63) is 47.3 Å². The van der Waals surface area contributed by atoms with Crippen molar-refractivity contribution in [2.45, 2.75) is 51.2 Å². The molecule has 3 heterocycles. The van der Waals surface area contributed by atoms with Crippen molar-refractivity contribution in [1.29, 1.82) is 0 Å². The Bertz CT molecular complexity index is 845. The Morgan fingerprint density at radius 2 is 1.76 bits per heavy atom. The number of hydrogen-bond donors (Lipinski definition) is 6. The molecule has 0 amide bonds. The van der Waals surface area contributed by atoms with E-state index in [2.05, 4.69) is 4.74 Å². The first kappa shape index (κ1) is 31.5. The summed E-state index contributed by atoms with van der Waals surface area (Å²) in [6.07, 6.45) is -3.44. The number of ether oxygens (including phenoxy) is 2. The lowest BCUT2D eigenvalue weighted by Gasteiger charge is -2.22. The van der Waals surface area contributed by atoms with Crippen LogP contribution in [0.1, 0.15) is 46.5 Å². The maximum atomic E-state index is 10.8. The van der Waals surface area contributed by atoms with Gasteiger partial charge in [-0.2, -0.15) is 0 Å². The van der Waals surface area contributed by atoms with Crippen LogP contribution in [0, 0.1) is 0 Å². The zero-order chi connectivity index (χ0) is 25.0. The molecule has 0 aromatic carbocycles. The van der Waals surface area contributed by atoms with E-state index in [1.165, 1.54) is 13.0 Å². The van der Waals surface area contributed by atoms with Crippen LogP contribution in [-0.2, 0) is 22.7 Å². The van der Waals surface area contributed by atoms with E-state index in [0.717, 1.165) is 0 Å². The molecule has 194 valence electrons. The van der Waals surface area contributed by atoms with Crippen LogP contribution in [0.4, 0.5) is 0 Å². The summed E-state index contributed by atoms with van der Waals surface area (Å²) >= 11 is 0. The lowest BCUT2D eigenvalue weighted by molar-refractivity contribution is -0.248. The molecule has 0 aliphatic carbocycles. The van der Waals surface area contributed by atoms with E-state index in [9.17, 15) is 14.7 Å². The van der Waals surface area contributed by atoms with Crippen molar-refractivity contribution >= 4 is 12.1 Å². The Morgan fingerprint density at radius 1 is 1.12 bits per heavy atom. The second-order valence-corrected chi connectivity index (χ2v) is 6.82. The van der Waals surface area contributed by atoms with Gasteiger partial charge in [0.05, 0.1) is 13.2 Å². The maximum Gasteiger partial charge on any atom is 0.219 e. The molecule has 0 spiro atoms. The fourth-order valence-corrected chi connectivity index (χ4v) is 2.54. The fourth-order valence-electron chi connectivity index (χ4n) is 2.54. The van der Waals surface area contributed by atoms with Gasteiger partial charge in [-0.1, -0.05) is 0 Å². The van der Waals surface area contributed by atoms with Gasteiger partial charge in [0, 0.05) is 13.5 Å². The molecular weight excluding hydrogens is 460 g/mol. The summed E-state index contributed by atoms with van der Waals surface area (Å²) in [4.78, 5) is 20.8. The van der Waals surface area contributed by atoms with Crippen molar-refractivity contribution in [3.8, 4) is 0 Å². The second-order valence-electron chi connectivity index (χ2n) is 6.82. The average Bonchev–Trinajstić information content (AvgIpc) is 3.54. The van der Waals surface area contributed by atoms with E-state index in [0.29, 0.717) is 36.8 Å². The summed E-state index contributed by atoms with van der Waals surface area (Å²) in [6.45, 7) is 2.95. The molecule has 2 aromatic heterocycles. The van der Waals surface area contributed by atoms with Crippen LogP contribution in [0.25, 0.3) is 0 Å². The highest BCUT2D eigenvalue weighted by atomic mass is 16.7. The number of hydrogen-bond acceptors (Lipinski definition) is 12. The van der Waals surface area contributed by atoms with Crippen LogP contribution in [0.2, 0.25) is 0 Å². The molecule has 4 atom stereocenters. The van der Waals surface area contributed by atoms with Gasteiger partial charge in [-0.3, -0.25) is 9.59 Å². The van der Waals surface area contributed by atoms with Gasteiger partial charge in [0.2, 0.25) is 5.79 Å². The molecule has 0 bridgehead atoms. The second kappa shape index (κ2) is 15.4. The molecule has 13 nitrogen and oxygen atoms in total. The number of Topliss-reactive ketones (excluding diaryl/α,β-unsaturated/α-hetero) is 1. The maximum absolute atomic E-state index is 10.8. The predicted molar refractivity (Wildman–Crippen MR) is 114 cm³/mol. The van der Waals surface area contributed by atoms with Crippen molar-refractivity contribution < 1.29 is 64.0 Å². The normalized spacial score (nSPS) is 23.1. The molecule has 34 heavy (non-hydrogen) atoms. The Balaban J connectivity index is 0.000000479. The molecule has 4 unspecified atom stereocenters. The van der Waals surface area contributed by atoms with E-state index in [1.807, 2.05) is 6.92 Å². The van der Waals surface area contributed by atoms with Gasteiger partial charge in [-0.05, 0) is 31.2 Å². The highest BCUT2D eigenvalue weighted by molar-refractivity contribution is 5.91. The number of carbonyl (C=O) groups excluding carboxylic acids is 2. The van der Waals surface area contributed by atoms with Crippen LogP contribution in [-0.4, -0.2) is 92.1 Å². The number of furan rings is 2. The molecule has 2 aromatic rings. The topological polar surface area (TPSA) is 232 Å². The molecule has 3 rings (SSSR count). The average molecular weight is 492 g/mol. The van der Waals surface area contributed by atoms with Gasteiger partial charge in [0.25, 0.3) is 0 Å². The van der Waals surface area contributed by atoms with E-state index in [1.54, 1.807) is 18.2 Å². The molecule has 8 N–H and O–H groups in total. The summed E-state index contributed by atoms with van der Waals surface area (Å²) in [5.74, 6) is -0.465. The zero-order valence-electron chi connectivity index (χ0n) is 18.8. The molecule has 0 radical (unpaired) electrons. The Hall–Kier alpha value is -2.46. The Kier molecular flexibility index (Phi) is 14.3. The SMILES string of the molecule is CCOCc1ccc(C(C)=O)o1.O.O=Cc1ccc(CO)o1.OCC1OC(O)(CO)C(O)C1O. The lowest BCUT2D eigenvalue weighted by Crippen LogP contribution is -2.46. The first-order valence-corrected chi connectivity index (χ1v) is 9.95. The predicted octanol–water partition coefficient (Wildman–Crippen LogP) is -1.44. The van der Waals surface area contributed by atoms with E-state index in [-0.39, 0.29) is 23.6 Å². The van der Waals surface area contributed by atoms with Crippen molar-refractivity contribution in [2.24, 2.45) is 0 Å². The molecule has 1 saturated heterocycles. The Morgan fingerprint density at radius 3 is 2.12 bits per heavy atom. The van der Waals surface area contributed by atoms with E-state index in [4.69, 9.17) is 39.1 Å². The van der Waals surface area contributed by atoms with Crippen molar-refractivity contribution in [2.75, 3.05) is 19.8 Å². The summed E-state index contributed by atoms with van der Waals surface area (Å²) in [5, 5.41) is 53.1. The minimum Gasteiger partial charge on any atom is -0.456 e. The Labute approximate surface area is 195 Å². The lowest BCUT2D eigenvalue weighted by atomic mass is 10.1. The highest BCUT2D eigenvalue weighted by Crippen LogP contribution is 2.28. The smallest absolute Gasteiger partial charge is 0.219 e. The fraction of sp³-hybridized carbons (Fsp3) is 0.524. The number of aliphatic hydroxyl groups is 6. The molecule has 1 aliphatic heterocycles. The molecule has 1 aliphatic rings. The third-order valence-corrected chi connectivity index (χ3v) is 4.34. The molecular formula is C21H32O13. The summed E-state index contributed by atoms with van der Waals surface area (Å²) in [7, 11) is 0. The van der Waals surface area contributed by atoms with Crippen LogP contribution in [0.3, 0.4) is 0 Å². The summed E-state index contributed by atoms with van der Waals surface area (Å²) < 4.78 is 19.7. The van der Waals surface area contributed by atoms with E-state index < -0.39 is 37.3 Å². The standard InChI is InChI=1S/C9H12O3.C6H12O6.C6H6O3.H2O/c1-3-11-6-8-4-5-9(12-8)7(2)10;7-1-3-4(9)5(10)6(11,2-8)12-3;7-3-5-1-2-6(4-8)9-5;/h4-5H,3,6H2,1-2H3;3-5,7-11H,1-2H2;1-3,8H,4H2;1H2. The van der Waals surface area contributed by atoms with Gasteiger partial charge in [0.15, 0.2) is 23.6 Å². The molecule has 1 fully saturated rings. The van der Waals surface area contributed by atoms with E-state index >= 15 is 0 Å². The van der Waals surface area contributed by atoms with Crippen LogP contribution < -0.4 is 0 Å². The number of carbonyl (C=O) groups is 2. The summed E-state index contributed by atoms with van der Waals surface area (Å²) in [6, 6.07) is 6.49. The van der Waals surface area contributed by atoms with Crippen LogP contribution >= 0.6 is 0 Å². The number of rotatable bonds is 8. The van der Waals surface area contributed by atoms with Crippen LogP contribution in [0.5, 0.6) is 0 Å². The van der Waals surface area contributed by atoms with Gasteiger partial charge < -0.3 is 54.4 Å². The zero-order valence-corrected chi connectivity index (χ0v) is 18.8. The van der Waals surface area contributed by atoms with Gasteiger partial charge in [0.1, 0.15) is 43.0 Å². The number of aldehydes is 1. The molecule has 0 saturated carbocycles. The van der Waals surface area contributed by atoms with Crippen LogP contribution in [0.15, 0.2) is 33.1 Å². The van der Waals surface area contributed by atoms with Crippen molar-refractivity contribution in [1.82, 2.24) is 0 Å². The number of aliphatic hydroxyl groups excluding tert-OH is 5. The highest BCUT2D eigenvalue weighted by Gasteiger charge is 2.52. The monoisotopic (exact) mass is 492 g/mol. The van der Waals surface area contributed by atoms with Crippen molar-refractivity contribution in [3.63, 3.8) is 0 Å². The first-order valence-electron chi connectivity index (χ1n) is 9.95.